The van der Waals surface area contributed by atoms with Gasteiger partial charge >= 0.3 is 17.9 Å². The Kier molecular flexibility index (Phi) is 12.9. The van der Waals surface area contributed by atoms with Crippen LogP contribution in [0.5, 0.6) is 0 Å². The predicted octanol–water partition coefficient (Wildman–Crippen LogP) is 4.43. The van der Waals surface area contributed by atoms with Crippen molar-refractivity contribution in [3.8, 4) is 0 Å². The fourth-order valence-corrected chi connectivity index (χ4v) is 6.20. The molecule has 0 aromatic heterocycles. The van der Waals surface area contributed by atoms with Crippen molar-refractivity contribution in [1.29, 1.82) is 0 Å². The van der Waals surface area contributed by atoms with Crippen LogP contribution in [0.15, 0.2) is 0 Å². The molecule has 3 fully saturated rings. The van der Waals surface area contributed by atoms with Crippen molar-refractivity contribution in [3.63, 3.8) is 0 Å². The summed E-state index contributed by atoms with van der Waals surface area (Å²) >= 11 is 0. The van der Waals surface area contributed by atoms with E-state index in [0.717, 1.165) is 32.1 Å². The normalized spacial score (nSPS) is 32.6. The number of aliphatic hydroxyl groups excluding tert-OH is 1. The third kappa shape index (κ3) is 9.90. The van der Waals surface area contributed by atoms with Crippen LogP contribution < -0.4 is 0 Å². The molecule has 3 aliphatic heterocycles. The topological polar surface area (TPSA) is 138 Å². The number of hydrogen-bond donors (Lipinski definition) is 2. The van der Waals surface area contributed by atoms with Crippen LogP contribution >= 0.6 is 0 Å². The van der Waals surface area contributed by atoms with E-state index in [1.54, 1.807) is 6.92 Å². The number of hydrogen-bond acceptors (Lipinski definition) is 9. The molecule has 12 atom stereocenters. The second kappa shape index (κ2) is 15.6. The second-order valence-corrected chi connectivity index (χ2v) is 12.6. The van der Waals surface area contributed by atoms with Gasteiger partial charge in [-0.25, -0.2) is 0 Å². The van der Waals surface area contributed by atoms with E-state index in [4.69, 9.17) is 23.7 Å². The minimum absolute atomic E-state index is 0.0147. The largest absolute Gasteiger partial charge is 0.481 e. The zero-order chi connectivity index (χ0) is 30.3. The number of carboxylic acids is 1. The summed E-state index contributed by atoms with van der Waals surface area (Å²) in [4.78, 5) is 36.8. The summed E-state index contributed by atoms with van der Waals surface area (Å²) in [6.07, 6.45) is 4.92. The molecule has 0 spiro atoms. The molecule has 3 heterocycles. The summed E-state index contributed by atoms with van der Waals surface area (Å²) in [6, 6.07) is 0. The molecule has 2 N–H and O–H groups in total. The molecule has 41 heavy (non-hydrogen) atoms. The Bertz CT molecular complexity index is 864. The summed E-state index contributed by atoms with van der Waals surface area (Å²) in [5.41, 5.74) is 0. The van der Waals surface area contributed by atoms with Crippen molar-refractivity contribution in [1.82, 2.24) is 0 Å². The van der Waals surface area contributed by atoms with Gasteiger partial charge in [0.05, 0.1) is 60.5 Å². The smallest absolute Gasteiger partial charge is 0.311 e. The van der Waals surface area contributed by atoms with Gasteiger partial charge in [-0.3, -0.25) is 14.4 Å². The molecule has 0 radical (unpaired) electrons. The van der Waals surface area contributed by atoms with E-state index in [0.29, 0.717) is 32.1 Å². The Labute approximate surface area is 244 Å². The molecular formula is C31H52O10. The monoisotopic (exact) mass is 584 g/mol. The summed E-state index contributed by atoms with van der Waals surface area (Å²) < 4.78 is 29.5. The van der Waals surface area contributed by atoms with Crippen LogP contribution in [0.1, 0.15) is 106 Å². The van der Waals surface area contributed by atoms with Crippen LogP contribution in [-0.2, 0) is 38.1 Å². The van der Waals surface area contributed by atoms with Gasteiger partial charge in [0.15, 0.2) is 0 Å². The maximum Gasteiger partial charge on any atom is 0.311 e. The highest BCUT2D eigenvalue weighted by molar-refractivity contribution is 5.73. The number of carbonyl (C=O) groups is 3. The van der Waals surface area contributed by atoms with Gasteiger partial charge in [-0.05, 0) is 86.0 Å². The molecule has 10 nitrogen and oxygen atoms in total. The van der Waals surface area contributed by atoms with Crippen molar-refractivity contribution in [3.05, 3.63) is 0 Å². The molecule has 0 saturated carbocycles. The molecule has 0 aliphatic carbocycles. The number of carboxylic acid groups (broad SMARTS) is 1. The summed E-state index contributed by atoms with van der Waals surface area (Å²) in [6.45, 7) is 11.0. The zero-order valence-corrected chi connectivity index (χ0v) is 25.7. The number of aliphatic carboxylic acids is 1. The average molecular weight is 585 g/mol. The highest BCUT2D eigenvalue weighted by atomic mass is 16.6. The highest BCUT2D eigenvalue weighted by Crippen LogP contribution is 2.32. The highest BCUT2D eigenvalue weighted by Gasteiger charge is 2.38. The first kappa shape index (κ1) is 33.7. The van der Waals surface area contributed by atoms with Crippen molar-refractivity contribution in [2.45, 2.75) is 161 Å². The molecule has 236 valence electrons. The number of ether oxygens (including phenoxy) is 5. The van der Waals surface area contributed by atoms with Gasteiger partial charge in [-0.1, -0.05) is 6.92 Å². The van der Waals surface area contributed by atoms with Crippen LogP contribution in [0.3, 0.4) is 0 Å². The van der Waals surface area contributed by atoms with Gasteiger partial charge < -0.3 is 33.9 Å². The van der Waals surface area contributed by atoms with Crippen molar-refractivity contribution in [2.24, 2.45) is 17.8 Å². The van der Waals surface area contributed by atoms with E-state index in [2.05, 4.69) is 0 Å². The minimum atomic E-state index is -0.863. The van der Waals surface area contributed by atoms with Crippen molar-refractivity contribution in [2.75, 3.05) is 0 Å². The molecule has 0 bridgehead atoms. The molecule has 0 aromatic rings. The Morgan fingerprint density at radius 3 is 1.39 bits per heavy atom. The second-order valence-electron chi connectivity index (χ2n) is 12.6. The maximum atomic E-state index is 12.8. The van der Waals surface area contributed by atoms with Crippen molar-refractivity contribution < 1.29 is 48.3 Å². The van der Waals surface area contributed by atoms with Gasteiger partial charge in [0, 0.05) is 12.8 Å². The lowest BCUT2D eigenvalue weighted by Gasteiger charge is -2.25. The van der Waals surface area contributed by atoms with Crippen LogP contribution in [0, 0.1) is 17.8 Å². The van der Waals surface area contributed by atoms with Crippen LogP contribution in [0.2, 0.25) is 0 Å². The van der Waals surface area contributed by atoms with E-state index < -0.39 is 17.8 Å². The lowest BCUT2D eigenvalue weighted by atomic mass is 10.0. The van der Waals surface area contributed by atoms with Gasteiger partial charge in [-0.15, -0.1) is 0 Å². The summed E-state index contributed by atoms with van der Waals surface area (Å²) in [7, 11) is 0. The molecule has 0 amide bonds. The summed E-state index contributed by atoms with van der Waals surface area (Å²) in [5.74, 6) is -2.82. The lowest BCUT2D eigenvalue weighted by Crippen LogP contribution is -2.33. The third-order valence-corrected chi connectivity index (χ3v) is 9.06. The van der Waals surface area contributed by atoms with Gasteiger partial charge in [0.1, 0.15) is 12.2 Å². The summed E-state index contributed by atoms with van der Waals surface area (Å²) in [5, 5.41) is 19.1. The quantitative estimate of drug-likeness (QED) is 0.266. The first-order chi connectivity index (χ1) is 19.4. The van der Waals surface area contributed by atoms with Gasteiger partial charge in [-0.2, -0.15) is 0 Å². The van der Waals surface area contributed by atoms with Gasteiger partial charge in [0.2, 0.25) is 0 Å². The molecule has 3 aliphatic rings. The Hall–Kier alpha value is -1.75. The molecule has 0 aromatic carbocycles. The fraction of sp³-hybridized carbons (Fsp3) is 0.903. The van der Waals surface area contributed by atoms with E-state index in [9.17, 15) is 24.6 Å². The molecule has 3 saturated heterocycles. The number of carbonyl (C=O) groups excluding carboxylic acids is 2. The van der Waals surface area contributed by atoms with Crippen molar-refractivity contribution >= 4 is 17.9 Å². The lowest BCUT2D eigenvalue weighted by molar-refractivity contribution is -0.160. The van der Waals surface area contributed by atoms with E-state index >= 15 is 0 Å². The molecule has 3 rings (SSSR count). The zero-order valence-electron chi connectivity index (χ0n) is 25.7. The standard InChI is InChI=1S/C31H52O10/c1-7-22(32)16-25-10-13-28(41-25)21(6)31(36)38-18(3)15-24-9-12-27(40-24)20(5)30(35)37-17(2)14-23-8-11-26(39-23)19(4)29(33)34/h17-28,32H,7-16H2,1-6H3,(H,33,34)/t17-,18-,19+,20+,21+,22-,23-,24-,25+,26+,27+,28+/m0/s1. The van der Waals surface area contributed by atoms with Crippen LogP contribution in [-0.4, -0.2) is 83.1 Å². The SMILES string of the molecule is CC[C@H](O)C[C@H]1CC[C@H]([C@@H](C)C(=O)O[C@@H](C)C[C@@H]2CC[C@H]([C@@H](C)C(=O)O[C@@H](C)C[C@@H]3CC[C@H]([C@@H](C)C(=O)O)O3)O2)O1. The molecule has 0 unspecified atom stereocenters. The van der Waals surface area contributed by atoms with Crippen LogP contribution in [0.4, 0.5) is 0 Å². The third-order valence-electron chi connectivity index (χ3n) is 9.06. The van der Waals surface area contributed by atoms with Crippen LogP contribution in [0.25, 0.3) is 0 Å². The number of rotatable bonds is 15. The van der Waals surface area contributed by atoms with Gasteiger partial charge in [0.25, 0.3) is 0 Å². The van der Waals surface area contributed by atoms with E-state index in [1.165, 1.54) is 0 Å². The Morgan fingerprint density at radius 1 is 0.659 bits per heavy atom. The van der Waals surface area contributed by atoms with E-state index in [-0.39, 0.29) is 72.8 Å². The fourth-order valence-electron chi connectivity index (χ4n) is 6.20. The number of aliphatic hydroxyl groups is 1. The predicted molar refractivity (Wildman–Crippen MR) is 150 cm³/mol. The van der Waals surface area contributed by atoms with E-state index in [1.807, 2.05) is 34.6 Å². The Morgan fingerprint density at radius 2 is 1.02 bits per heavy atom. The first-order valence-corrected chi connectivity index (χ1v) is 15.7. The maximum absolute atomic E-state index is 12.8. The molecule has 10 heteroatoms. The first-order valence-electron chi connectivity index (χ1n) is 15.7. The number of esters is 2. The molecular weight excluding hydrogens is 532 g/mol. The average Bonchev–Trinajstić information content (AvgIpc) is 3.68. The Balaban J connectivity index is 1.35. The minimum Gasteiger partial charge on any atom is -0.481 e.